The average Bonchev–Trinajstić information content (AvgIpc) is 2.77. The lowest BCUT2D eigenvalue weighted by Gasteiger charge is -2.24. The van der Waals surface area contributed by atoms with Gasteiger partial charge in [-0.3, -0.25) is 9.69 Å². The van der Waals surface area contributed by atoms with E-state index in [1.54, 1.807) is 0 Å². The van der Waals surface area contributed by atoms with Crippen molar-refractivity contribution >= 4 is 17.2 Å². The monoisotopic (exact) mass is 255 g/mol. The molecular weight excluding hydrogens is 238 g/mol. The normalized spacial score (nSPS) is 18.5. The van der Waals surface area contributed by atoms with Crippen molar-refractivity contribution in [3.05, 3.63) is 16.4 Å². The molecule has 0 saturated carbocycles. The number of rotatable bonds is 3. The number of ether oxygens (including phenoxy) is 1. The minimum Gasteiger partial charge on any atom is -0.379 e. The van der Waals surface area contributed by atoms with Crippen molar-refractivity contribution in [2.75, 3.05) is 32.8 Å². The number of hydrogen-bond acceptors (Lipinski definition) is 4. The highest BCUT2D eigenvalue weighted by Crippen LogP contribution is 1.97. The van der Waals surface area contributed by atoms with Gasteiger partial charge in [-0.15, -0.1) is 11.3 Å². The Morgan fingerprint density at radius 1 is 1.53 bits per heavy atom. The number of aromatic nitrogens is 1. The smallest absolute Gasteiger partial charge is 0.262 e. The number of aryl methyl sites for hydroxylation is 1. The van der Waals surface area contributed by atoms with Gasteiger partial charge < -0.3 is 9.30 Å². The first kappa shape index (κ1) is 12.5. The summed E-state index contributed by atoms with van der Waals surface area (Å²) in [6, 6.07) is 0. The standard InChI is InChI=1S/C11H17N3O2S/c1-2-14-5-8-17-11(14)12-10(15)9-13-3-6-16-7-4-13/h5,8H,2-4,6-7,9H2,1H3. The molecule has 6 heteroatoms. The molecule has 1 aliphatic rings. The number of nitrogens with zero attached hydrogens (tertiary/aromatic N) is 3. The highest BCUT2D eigenvalue weighted by Gasteiger charge is 2.13. The first-order valence-corrected chi connectivity index (χ1v) is 6.69. The van der Waals surface area contributed by atoms with Crippen molar-refractivity contribution in [3.8, 4) is 0 Å². The highest BCUT2D eigenvalue weighted by molar-refractivity contribution is 7.07. The van der Waals surface area contributed by atoms with Gasteiger partial charge in [0.15, 0.2) is 4.80 Å². The quantitative estimate of drug-likeness (QED) is 0.782. The third-order valence-electron chi connectivity index (χ3n) is 2.68. The Bertz CT molecular complexity index is 432. The lowest BCUT2D eigenvalue weighted by molar-refractivity contribution is -0.120. The molecule has 1 saturated heterocycles. The Balaban J connectivity index is 1.98. The van der Waals surface area contributed by atoms with Gasteiger partial charge >= 0.3 is 0 Å². The Labute approximate surface area is 104 Å². The Morgan fingerprint density at radius 3 is 3.00 bits per heavy atom. The van der Waals surface area contributed by atoms with Crippen LogP contribution in [0.3, 0.4) is 0 Å². The molecule has 0 aromatic carbocycles. The molecule has 1 aromatic heterocycles. The molecule has 0 aliphatic carbocycles. The molecule has 0 radical (unpaired) electrons. The second kappa shape index (κ2) is 6.09. The van der Waals surface area contributed by atoms with Gasteiger partial charge in [-0.05, 0) is 6.92 Å². The SMILES string of the molecule is CCn1ccsc1=NC(=O)CN1CCOCC1. The summed E-state index contributed by atoms with van der Waals surface area (Å²) in [4.78, 5) is 18.8. The number of carbonyl (C=O) groups excluding carboxylic acids is 1. The summed E-state index contributed by atoms with van der Waals surface area (Å²) < 4.78 is 7.21. The van der Waals surface area contributed by atoms with Gasteiger partial charge in [0.1, 0.15) is 0 Å². The van der Waals surface area contributed by atoms with Crippen LogP contribution in [-0.4, -0.2) is 48.2 Å². The molecule has 0 bridgehead atoms. The fourth-order valence-electron chi connectivity index (χ4n) is 1.72. The van der Waals surface area contributed by atoms with E-state index in [4.69, 9.17) is 4.74 Å². The number of morpholine rings is 1. The van der Waals surface area contributed by atoms with E-state index in [1.165, 1.54) is 11.3 Å². The lowest BCUT2D eigenvalue weighted by atomic mass is 10.4. The maximum Gasteiger partial charge on any atom is 0.262 e. The van der Waals surface area contributed by atoms with Crippen LogP contribution in [0.2, 0.25) is 0 Å². The Hall–Kier alpha value is -0.980. The van der Waals surface area contributed by atoms with Crippen LogP contribution in [0.5, 0.6) is 0 Å². The van der Waals surface area contributed by atoms with E-state index in [2.05, 4.69) is 9.89 Å². The van der Waals surface area contributed by atoms with E-state index in [9.17, 15) is 4.79 Å². The number of carbonyl (C=O) groups is 1. The van der Waals surface area contributed by atoms with Crippen LogP contribution < -0.4 is 4.80 Å². The van der Waals surface area contributed by atoms with Gasteiger partial charge in [0.05, 0.1) is 19.8 Å². The van der Waals surface area contributed by atoms with E-state index < -0.39 is 0 Å². The first-order chi connectivity index (χ1) is 8.29. The van der Waals surface area contributed by atoms with Crippen LogP contribution in [0.25, 0.3) is 0 Å². The predicted octanol–water partition coefficient (Wildman–Crippen LogP) is 0.329. The van der Waals surface area contributed by atoms with Crippen LogP contribution in [0.15, 0.2) is 16.6 Å². The molecule has 1 aromatic rings. The molecule has 5 nitrogen and oxygen atoms in total. The fourth-order valence-corrected chi connectivity index (χ4v) is 2.53. The van der Waals surface area contributed by atoms with Crippen LogP contribution in [0.1, 0.15) is 6.92 Å². The van der Waals surface area contributed by atoms with Crippen molar-refractivity contribution < 1.29 is 9.53 Å². The molecule has 2 rings (SSSR count). The summed E-state index contributed by atoms with van der Waals surface area (Å²) in [7, 11) is 0. The van der Waals surface area contributed by atoms with E-state index in [-0.39, 0.29) is 5.91 Å². The highest BCUT2D eigenvalue weighted by atomic mass is 32.1. The lowest BCUT2D eigenvalue weighted by Crippen LogP contribution is -2.39. The van der Waals surface area contributed by atoms with E-state index in [0.29, 0.717) is 19.8 Å². The van der Waals surface area contributed by atoms with Crippen LogP contribution in [0, 0.1) is 0 Å². The second-order valence-electron chi connectivity index (χ2n) is 3.87. The van der Waals surface area contributed by atoms with Crippen LogP contribution in [0.4, 0.5) is 0 Å². The van der Waals surface area contributed by atoms with Gasteiger partial charge in [-0.2, -0.15) is 4.99 Å². The average molecular weight is 255 g/mol. The molecule has 2 heterocycles. The van der Waals surface area contributed by atoms with Crippen molar-refractivity contribution in [3.63, 3.8) is 0 Å². The summed E-state index contributed by atoms with van der Waals surface area (Å²) in [5.41, 5.74) is 0. The number of thiazole rings is 1. The van der Waals surface area contributed by atoms with E-state index in [0.717, 1.165) is 24.4 Å². The molecule has 1 fully saturated rings. The first-order valence-electron chi connectivity index (χ1n) is 5.81. The Kier molecular flexibility index (Phi) is 4.47. The minimum absolute atomic E-state index is 0.0726. The summed E-state index contributed by atoms with van der Waals surface area (Å²) in [6.45, 7) is 6.33. The number of amides is 1. The summed E-state index contributed by atoms with van der Waals surface area (Å²) in [6.07, 6.45) is 1.95. The van der Waals surface area contributed by atoms with Crippen molar-refractivity contribution in [1.82, 2.24) is 9.47 Å². The van der Waals surface area contributed by atoms with Crippen LogP contribution >= 0.6 is 11.3 Å². The third kappa shape index (κ3) is 3.49. The van der Waals surface area contributed by atoms with Gasteiger partial charge in [-0.1, -0.05) is 0 Å². The molecule has 94 valence electrons. The summed E-state index contributed by atoms with van der Waals surface area (Å²) in [5, 5.41) is 1.95. The van der Waals surface area contributed by atoms with Crippen molar-refractivity contribution in [1.29, 1.82) is 0 Å². The molecule has 0 atom stereocenters. The fraction of sp³-hybridized carbons (Fsp3) is 0.636. The minimum atomic E-state index is -0.0726. The molecule has 1 amide bonds. The largest absolute Gasteiger partial charge is 0.379 e. The maximum atomic E-state index is 11.8. The number of hydrogen-bond donors (Lipinski definition) is 0. The topological polar surface area (TPSA) is 46.8 Å². The molecule has 17 heavy (non-hydrogen) atoms. The maximum absolute atomic E-state index is 11.8. The predicted molar refractivity (Wildman–Crippen MR) is 65.8 cm³/mol. The molecule has 0 N–H and O–H groups in total. The zero-order chi connectivity index (χ0) is 12.1. The Morgan fingerprint density at radius 2 is 2.29 bits per heavy atom. The second-order valence-corrected chi connectivity index (χ2v) is 4.74. The van der Waals surface area contributed by atoms with Crippen LogP contribution in [-0.2, 0) is 16.1 Å². The van der Waals surface area contributed by atoms with Crippen molar-refractivity contribution in [2.45, 2.75) is 13.5 Å². The van der Waals surface area contributed by atoms with Gasteiger partial charge in [0.2, 0.25) is 0 Å². The molecule has 1 aliphatic heterocycles. The third-order valence-corrected chi connectivity index (χ3v) is 3.48. The van der Waals surface area contributed by atoms with Crippen molar-refractivity contribution in [2.24, 2.45) is 4.99 Å². The zero-order valence-corrected chi connectivity index (χ0v) is 10.8. The molecular formula is C11H17N3O2S. The molecule has 0 unspecified atom stereocenters. The van der Waals surface area contributed by atoms with Gasteiger partial charge in [0.25, 0.3) is 5.91 Å². The summed E-state index contributed by atoms with van der Waals surface area (Å²) >= 11 is 1.50. The van der Waals surface area contributed by atoms with Gasteiger partial charge in [0, 0.05) is 31.2 Å². The zero-order valence-electron chi connectivity index (χ0n) is 9.96. The summed E-state index contributed by atoms with van der Waals surface area (Å²) in [5.74, 6) is -0.0726. The van der Waals surface area contributed by atoms with Gasteiger partial charge in [-0.25, -0.2) is 0 Å². The van der Waals surface area contributed by atoms with E-state index >= 15 is 0 Å². The molecule has 0 spiro atoms. The van der Waals surface area contributed by atoms with E-state index in [1.807, 2.05) is 23.1 Å².